The van der Waals surface area contributed by atoms with Crippen LogP contribution >= 0.6 is 0 Å². The van der Waals surface area contributed by atoms with Crippen molar-refractivity contribution in [2.75, 3.05) is 5.32 Å². The SMILES string of the molecule is CC(C)NS(=O)(=O)c1cccc2c(NC(=O)C(NC(=O)c3ccccc3)C(C)C)cccc12. The molecule has 3 N–H and O–H groups in total. The summed E-state index contributed by atoms with van der Waals surface area (Å²) in [7, 11) is -3.73. The van der Waals surface area contributed by atoms with E-state index in [4.69, 9.17) is 0 Å². The van der Waals surface area contributed by atoms with Crippen LogP contribution < -0.4 is 15.4 Å². The first-order valence-electron chi connectivity index (χ1n) is 10.8. The largest absolute Gasteiger partial charge is 0.340 e. The first-order valence-corrected chi connectivity index (χ1v) is 12.3. The van der Waals surface area contributed by atoms with Crippen molar-refractivity contribution in [3.05, 3.63) is 72.3 Å². The summed E-state index contributed by atoms with van der Waals surface area (Å²) in [6.07, 6.45) is 0. The highest BCUT2D eigenvalue weighted by molar-refractivity contribution is 7.89. The van der Waals surface area contributed by atoms with Gasteiger partial charge in [-0.15, -0.1) is 0 Å². The van der Waals surface area contributed by atoms with Gasteiger partial charge in [0.1, 0.15) is 6.04 Å². The van der Waals surface area contributed by atoms with E-state index >= 15 is 0 Å². The van der Waals surface area contributed by atoms with Gasteiger partial charge in [0.05, 0.1) is 4.90 Å². The number of nitrogens with one attached hydrogen (secondary N) is 3. The Balaban J connectivity index is 1.91. The molecule has 1 unspecified atom stereocenters. The summed E-state index contributed by atoms with van der Waals surface area (Å²) >= 11 is 0. The second-order valence-electron chi connectivity index (χ2n) is 8.48. The number of benzene rings is 3. The molecule has 0 heterocycles. The average Bonchev–Trinajstić information content (AvgIpc) is 2.76. The summed E-state index contributed by atoms with van der Waals surface area (Å²) in [6.45, 7) is 7.20. The van der Waals surface area contributed by atoms with Gasteiger partial charge in [0.15, 0.2) is 0 Å². The molecule has 0 aliphatic rings. The van der Waals surface area contributed by atoms with E-state index in [-0.39, 0.29) is 28.7 Å². The van der Waals surface area contributed by atoms with E-state index in [2.05, 4.69) is 15.4 Å². The minimum Gasteiger partial charge on any atom is -0.340 e. The fourth-order valence-corrected chi connectivity index (χ4v) is 5.03. The van der Waals surface area contributed by atoms with Crippen LogP contribution in [0, 0.1) is 5.92 Å². The minimum atomic E-state index is -3.73. The van der Waals surface area contributed by atoms with Crippen molar-refractivity contribution in [1.29, 1.82) is 0 Å². The number of fused-ring (bicyclic) bond motifs is 1. The van der Waals surface area contributed by atoms with Crippen LogP contribution in [-0.2, 0) is 14.8 Å². The van der Waals surface area contributed by atoms with E-state index in [1.165, 1.54) is 6.07 Å². The summed E-state index contributed by atoms with van der Waals surface area (Å²) in [5.74, 6) is -0.885. The smallest absolute Gasteiger partial charge is 0.251 e. The Morgan fingerprint density at radius 3 is 2.06 bits per heavy atom. The monoisotopic (exact) mass is 467 g/mol. The van der Waals surface area contributed by atoms with Crippen molar-refractivity contribution < 1.29 is 18.0 Å². The van der Waals surface area contributed by atoms with E-state index in [0.717, 1.165) is 0 Å². The van der Waals surface area contributed by atoms with Crippen LogP contribution in [0.4, 0.5) is 5.69 Å². The number of carbonyl (C=O) groups excluding carboxylic acids is 2. The van der Waals surface area contributed by atoms with Gasteiger partial charge in [-0.05, 0) is 44.0 Å². The van der Waals surface area contributed by atoms with E-state index in [1.807, 2.05) is 19.9 Å². The van der Waals surface area contributed by atoms with Gasteiger partial charge in [-0.3, -0.25) is 9.59 Å². The Labute approximate surface area is 194 Å². The Kier molecular flexibility index (Phi) is 7.50. The van der Waals surface area contributed by atoms with Crippen molar-refractivity contribution in [2.45, 2.75) is 44.7 Å². The summed E-state index contributed by atoms with van der Waals surface area (Å²) in [4.78, 5) is 25.9. The lowest BCUT2D eigenvalue weighted by Gasteiger charge is -2.22. The van der Waals surface area contributed by atoms with Crippen LogP contribution in [0.3, 0.4) is 0 Å². The lowest BCUT2D eigenvalue weighted by molar-refractivity contribution is -0.118. The third-order valence-electron chi connectivity index (χ3n) is 5.09. The molecule has 174 valence electrons. The van der Waals surface area contributed by atoms with Crippen LogP contribution in [0.25, 0.3) is 10.8 Å². The third-order valence-corrected chi connectivity index (χ3v) is 6.81. The molecule has 0 saturated heterocycles. The Hall–Kier alpha value is -3.23. The van der Waals surface area contributed by atoms with Gasteiger partial charge >= 0.3 is 0 Å². The van der Waals surface area contributed by atoms with Gasteiger partial charge < -0.3 is 10.6 Å². The molecule has 1 atom stereocenters. The normalized spacial score (nSPS) is 12.7. The van der Waals surface area contributed by atoms with Gasteiger partial charge in [-0.25, -0.2) is 13.1 Å². The number of hydrogen-bond acceptors (Lipinski definition) is 4. The molecule has 2 amide bonds. The first kappa shape index (κ1) is 24.4. The zero-order chi connectivity index (χ0) is 24.2. The van der Waals surface area contributed by atoms with Crippen LogP contribution in [0.1, 0.15) is 38.1 Å². The number of carbonyl (C=O) groups is 2. The average molecular weight is 468 g/mol. The quantitative estimate of drug-likeness (QED) is 0.467. The molecule has 33 heavy (non-hydrogen) atoms. The molecule has 3 aromatic carbocycles. The molecular formula is C25H29N3O4S. The molecule has 0 aliphatic heterocycles. The standard InChI is InChI=1S/C25H29N3O4S/c1-16(2)23(27-24(29)18-10-6-5-7-11-18)25(30)26-21-14-8-13-20-19(21)12-9-15-22(20)33(31,32)28-17(3)4/h5-17,23,28H,1-4H3,(H,26,30)(H,27,29). The van der Waals surface area contributed by atoms with E-state index in [9.17, 15) is 18.0 Å². The van der Waals surface area contributed by atoms with Crippen LogP contribution in [0.5, 0.6) is 0 Å². The number of amides is 2. The maximum Gasteiger partial charge on any atom is 0.251 e. The Bertz CT molecular complexity index is 1260. The van der Waals surface area contributed by atoms with Crippen molar-refractivity contribution in [2.24, 2.45) is 5.92 Å². The van der Waals surface area contributed by atoms with E-state index < -0.39 is 16.1 Å². The summed E-state index contributed by atoms with van der Waals surface area (Å²) < 4.78 is 28.2. The van der Waals surface area contributed by atoms with E-state index in [1.54, 1.807) is 68.4 Å². The molecule has 0 radical (unpaired) electrons. The molecule has 0 aromatic heterocycles. The highest BCUT2D eigenvalue weighted by atomic mass is 32.2. The second-order valence-corrected chi connectivity index (χ2v) is 10.2. The molecule has 0 fully saturated rings. The second kappa shape index (κ2) is 10.1. The van der Waals surface area contributed by atoms with Gasteiger partial charge in [0.2, 0.25) is 15.9 Å². The van der Waals surface area contributed by atoms with E-state index in [0.29, 0.717) is 22.0 Å². The van der Waals surface area contributed by atoms with Crippen LogP contribution in [0.2, 0.25) is 0 Å². The van der Waals surface area contributed by atoms with Gasteiger partial charge in [0, 0.05) is 28.1 Å². The maximum atomic E-state index is 13.1. The molecular weight excluding hydrogens is 438 g/mol. The maximum absolute atomic E-state index is 13.1. The van der Waals surface area contributed by atoms with Crippen molar-refractivity contribution in [1.82, 2.24) is 10.0 Å². The minimum absolute atomic E-state index is 0.141. The predicted octanol–water partition coefficient (Wildman–Crippen LogP) is 3.92. The number of rotatable bonds is 8. The fraction of sp³-hybridized carbons (Fsp3) is 0.280. The molecule has 0 bridgehead atoms. The Morgan fingerprint density at radius 1 is 0.788 bits per heavy atom. The molecule has 7 nitrogen and oxygen atoms in total. The van der Waals surface area contributed by atoms with Crippen molar-refractivity contribution in [3.63, 3.8) is 0 Å². The van der Waals surface area contributed by atoms with Crippen molar-refractivity contribution in [3.8, 4) is 0 Å². The van der Waals surface area contributed by atoms with Crippen LogP contribution in [0.15, 0.2) is 71.6 Å². The number of sulfonamides is 1. The zero-order valence-corrected chi connectivity index (χ0v) is 19.9. The highest BCUT2D eigenvalue weighted by Gasteiger charge is 2.26. The lowest BCUT2D eigenvalue weighted by atomic mass is 10.0. The molecule has 0 saturated carbocycles. The fourth-order valence-electron chi connectivity index (χ4n) is 3.56. The number of anilines is 1. The summed E-state index contributed by atoms with van der Waals surface area (Å²) in [5, 5.41) is 6.76. The number of hydrogen-bond donors (Lipinski definition) is 3. The molecule has 0 aliphatic carbocycles. The summed E-state index contributed by atoms with van der Waals surface area (Å²) in [5.41, 5.74) is 0.937. The van der Waals surface area contributed by atoms with Gasteiger partial charge in [0.25, 0.3) is 5.91 Å². The van der Waals surface area contributed by atoms with Gasteiger partial charge in [-0.1, -0.05) is 56.3 Å². The van der Waals surface area contributed by atoms with Gasteiger partial charge in [-0.2, -0.15) is 0 Å². The lowest BCUT2D eigenvalue weighted by Crippen LogP contribution is -2.47. The Morgan fingerprint density at radius 2 is 1.42 bits per heavy atom. The summed E-state index contributed by atoms with van der Waals surface area (Å²) in [6, 6.07) is 17.7. The zero-order valence-electron chi connectivity index (χ0n) is 19.1. The molecule has 8 heteroatoms. The molecule has 3 aromatic rings. The predicted molar refractivity (Wildman–Crippen MR) is 131 cm³/mol. The van der Waals surface area contributed by atoms with Crippen molar-refractivity contribution >= 4 is 38.3 Å². The molecule has 0 spiro atoms. The topological polar surface area (TPSA) is 104 Å². The first-order chi connectivity index (χ1) is 15.6. The molecule has 3 rings (SSSR count). The highest BCUT2D eigenvalue weighted by Crippen LogP contribution is 2.29. The third kappa shape index (κ3) is 5.77. The van der Waals surface area contributed by atoms with Crippen LogP contribution in [-0.4, -0.2) is 32.3 Å².